The Bertz CT molecular complexity index is 1880. The molecule has 2 heterocycles. The molecule has 0 aliphatic rings. The van der Waals surface area contributed by atoms with Gasteiger partial charge >= 0.3 is 12.1 Å². The number of pyridine rings is 2. The van der Waals surface area contributed by atoms with Crippen molar-refractivity contribution < 1.29 is 31.1 Å². The predicted octanol–water partition coefficient (Wildman–Crippen LogP) is 5.96. The number of hydrogen-bond donors (Lipinski definition) is 1. The van der Waals surface area contributed by atoms with Crippen molar-refractivity contribution in [2.75, 3.05) is 6.26 Å². The highest BCUT2D eigenvalue weighted by molar-refractivity contribution is 7.90. The lowest BCUT2D eigenvalue weighted by Crippen LogP contribution is -2.28. The molecule has 7 nitrogen and oxygen atoms in total. The minimum atomic E-state index is -5.25. The van der Waals surface area contributed by atoms with Gasteiger partial charge in [-0.05, 0) is 34.9 Å². The summed E-state index contributed by atoms with van der Waals surface area (Å²) in [7, 11) is -3.57. The fourth-order valence-electron chi connectivity index (χ4n) is 4.32. The smallest absolute Gasteiger partial charge is 0.400 e. The maximum atomic E-state index is 13.1. The largest absolute Gasteiger partial charge is 0.491 e. The van der Waals surface area contributed by atoms with Crippen LogP contribution < -0.4 is 10.5 Å². The summed E-state index contributed by atoms with van der Waals surface area (Å²) >= 11 is 0. The van der Waals surface area contributed by atoms with E-state index in [1.165, 1.54) is 18.3 Å². The van der Waals surface area contributed by atoms with Gasteiger partial charge < -0.3 is 10.5 Å². The Balaban J connectivity index is 1.85. The molecule has 41 heavy (non-hydrogen) atoms. The summed E-state index contributed by atoms with van der Waals surface area (Å²) in [6, 6.07) is 24.0. The molecule has 0 fully saturated rings. The van der Waals surface area contributed by atoms with Crippen LogP contribution in [0.2, 0.25) is 0 Å². The summed E-state index contributed by atoms with van der Waals surface area (Å²) in [5.41, 5.74) is 9.99. The second kappa shape index (κ2) is 10.8. The maximum absolute atomic E-state index is 13.1. The van der Waals surface area contributed by atoms with Gasteiger partial charge in [-0.1, -0.05) is 66.7 Å². The lowest BCUT2D eigenvalue weighted by atomic mass is 9.95. The molecule has 3 aromatic carbocycles. The number of rotatable bonds is 6. The molecular weight excluding hydrogens is 555 g/mol. The molecule has 5 aromatic rings. The SMILES string of the molecule is CS(=O)(=O)c1cccc(-c2cnc(OC(=O)C(F)(F)F)c3cc(-c4ccccc4)c(-c4ccc(CN)cc4)nc23)c1. The molecule has 2 N–H and O–H groups in total. The lowest BCUT2D eigenvalue weighted by molar-refractivity contribution is -0.189. The first kappa shape index (κ1) is 27.9. The van der Waals surface area contributed by atoms with Crippen LogP contribution in [0.3, 0.4) is 0 Å². The quantitative estimate of drug-likeness (QED) is 0.248. The van der Waals surface area contributed by atoms with Crippen molar-refractivity contribution in [3.63, 3.8) is 0 Å². The molecule has 0 spiro atoms. The van der Waals surface area contributed by atoms with Crippen LogP contribution in [-0.2, 0) is 21.2 Å². The van der Waals surface area contributed by atoms with Gasteiger partial charge in [-0.3, -0.25) is 0 Å². The number of halogens is 3. The Morgan fingerprint density at radius 1 is 0.878 bits per heavy atom. The topological polar surface area (TPSA) is 112 Å². The molecular formula is C30H22F3N3O4S. The molecule has 208 valence electrons. The Morgan fingerprint density at radius 3 is 2.20 bits per heavy atom. The van der Waals surface area contributed by atoms with Gasteiger partial charge in [0, 0.05) is 35.7 Å². The monoisotopic (exact) mass is 577 g/mol. The number of alkyl halides is 3. The van der Waals surface area contributed by atoms with E-state index in [9.17, 15) is 26.4 Å². The van der Waals surface area contributed by atoms with Gasteiger partial charge in [0.05, 0.1) is 21.5 Å². The van der Waals surface area contributed by atoms with Gasteiger partial charge in [-0.25, -0.2) is 23.2 Å². The molecule has 0 atom stereocenters. The summed E-state index contributed by atoms with van der Waals surface area (Å²) < 4.78 is 68.6. The van der Waals surface area contributed by atoms with E-state index in [1.807, 2.05) is 42.5 Å². The van der Waals surface area contributed by atoms with E-state index in [4.69, 9.17) is 15.5 Å². The number of benzene rings is 3. The van der Waals surface area contributed by atoms with Crippen LogP contribution in [0.15, 0.2) is 96.0 Å². The lowest BCUT2D eigenvalue weighted by Gasteiger charge is -2.16. The molecule has 2 aromatic heterocycles. The highest BCUT2D eigenvalue weighted by atomic mass is 32.2. The molecule has 0 aliphatic heterocycles. The van der Waals surface area contributed by atoms with Crippen molar-refractivity contribution in [2.45, 2.75) is 17.6 Å². The number of nitrogens with two attached hydrogens (primary N) is 1. The first-order valence-corrected chi connectivity index (χ1v) is 14.1. The van der Waals surface area contributed by atoms with Crippen molar-refractivity contribution >= 4 is 26.7 Å². The fraction of sp³-hybridized carbons (Fsp3) is 0.100. The van der Waals surface area contributed by atoms with Gasteiger partial charge in [0.15, 0.2) is 9.84 Å². The van der Waals surface area contributed by atoms with E-state index < -0.39 is 27.9 Å². The fourth-order valence-corrected chi connectivity index (χ4v) is 4.99. The average molecular weight is 578 g/mol. The first-order chi connectivity index (χ1) is 19.5. The number of nitrogens with zero attached hydrogens (tertiary/aromatic N) is 2. The summed E-state index contributed by atoms with van der Waals surface area (Å²) in [6.07, 6.45) is -2.98. The van der Waals surface area contributed by atoms with Crippen molar-refractivity contribution in [1.29, 1.82) is 0 Å². The average Bonchev–Trinajstić information content (AvgIpc) is 2.96. The van der Waals surface area contributed by atoms with E-state index in [-0.39, 0.29) is 15.8 Å². The van der Waals surface area contributed by atoms with Crippen LogP contribution >= 0.6 is 0 Å². The molecule has 0 amide bonds. The standard InChI is InChI=1S/C30H22F3N3O4S/c1-41(38,39)22-9-5-8-21(14-22)25-17-35-28(40-29(37)30(31,32)33)24-15-23(19-6-3-2-4-7-19)26(36-27(24)25)20-12-10-18(16-34)11-13-20/h2-15,17H,16,34H2,1H3. The molecule has 0 aliphatic carbocycles. The molecule has 5 rings (SSSR count). The zero-order valence-corrected chi connectivity index (χ0v) is 22.3. The summed E-state index contributed by atoms with van der Waals surface area (Å²) in [5, 5.41) is 0.0334. The second-order valence-corrected chi connectivity index (χ2v) is 11.2. The number of sulfone groups is 1. The number of ether oxygens (including phenoxy) is 1. The van der Waals surface area contributed by atoms with Crippen LogP contribution in [0.5, 0.6) is 5.88 Å². The molecule has 11 heteroatoms. The first-order valence-electron chi connectivity index (χ1n) is 12.2. The van der Waals surface area contributed by atoms with Crippen molar-refractivity contribution in [3.8, 4) is 39.4 Å². The molecule has 0 saturated heterocycles. The molecule has 0 bridgehead atoms. The molecule has 0 saturated carbocycles. The Hall–Kier alpha value is -4.61. The number of esters is 1. The maximum Gasteiger partial charge on any atom is 0.491 e. The highest BCUT2D eigenvalue weighted by Gasteiger charge is 2.42. The van der Waals surface area contributed by atoms with Crippen LogP contribution in [0.25, 0.3) is 44.4 Å². The Labute approximate surface area is 233 Å². The number of carbonyl (C=O) groups is 1. The predicted molar refractivity (Wildman–Crippen MR) is 149 cm³/mol. The van der Waals surface area contributed by atoms with Crippen molar-refractivity contribution in [3.05, 3.63) is 96.7 Å². The third kappa shape index (κ3) is 5.81. The Morgan fingerprint density at radius 2 is 1.56 bits per heavy atom. The number of hydrogen-bond acceptors (Lipinski definition) is 7. The minimum absolute atomic E-state index is 0.0334. The van der Waals surface area contributed by atoms with Crippen LogP contribution in [0.4, 0.5) is 13.2 Å². The van der Waals surface area contributed by atoms with Crippen molar-refractivity contribution in [2.24, 2.45) is 5.73 Å². The van der Waals surface area contributed by atoms with E-state index in [0.717, 1.165) is 11.8 Å². The summed E-state index contributed by atoms with van der Waals surface area (Å²) in [6.45, 7) is 0.331. The van der Waals surface area contributed by atoms with Crippen LogP contribution in [-0.4, -0.2) is 36.8 Å². The summed E-state index contributed by atoms with van der Waals surface area (Å²) in [5.74, 6) is -3.01. The van der Waals surface area contributed by atoms with E-state index >= 15 is 0 Å². The zero-order chi connectivity index (χ0) is 29.4. The van der Waals surface area contributed by atoms with Gasteiger partial charge in [-0.15, -0.1) is 0 Å². The number of aromatic nitrogens is 2. The third-order valence-electron chi connectivity index (χ3n) is 6.36. The van der Waals surface area contributed by atoms with Gasteiger partial charge in [0.25, 0.3) is 0 Å². The number of carbonyl (C=O) groups excluding carboxylic acids is 1. The van der Waals surface area contributed by atoms with E-state index in [1.54, 1.807) is 30.3 Å². The van der Waals surface area contributed by atoms with E-state index in [0.29, 0.717) is 40.1 Å². The zero-order valence-electron chi connectivity index (χ0n) is 21.5. The van der Waals surface area contributed by atoms with Crippen LogP contribution in [0, 0.1) is 0 Å². The van der Waals surface area contributed by atoms with Gasteiger partial charge in [0.1, 0.15) is 0 Å². The van der Waals surface area contributed by atoms with Crippen molar-refractivity contribution in [1.82, 2.24) is 9.97 Å². The molecule has 0 radical (unpaired) electrons. The number of fused-ring (bicyclic) bond motifs is 1. The summed E-state index contributed by atoms with van der Waals surface area (Å²) in [4.78, 5) is 20.8. The van der Waals surface area contributed by atoms with E-state index in [2.05, 4.69) is 4.98 Å². The van der Waals surface area contributed by atoms with Crippen LogP contribution in [0.1, 0.15) is 5.56 Å². The highest BCUT2D eigenvalue weighted by Crippen LogP contribution is 2.40. The minimum Gasteiger partial charge on any atom is -0.400 e. The van der Waals surface area contributed by atoms with Gasteiger partial charge in [0.2, 0.25) is 5.88 Å². The van der Waals surface area contributed by atoms with Gasteiger partial charge in [-0.2, -0.15) is 13.2 Å². The third-order valence-corrected chi connectivity index (χ3v) is 7.47. The normalized spacial score (nSPS) is 11.9. The second-order valence-electron chi connectivity index (χ2n) is 9.21. The molecule has 0 unspecified atom stereocenters. The Kier molecular flexibility index (Phi) is 7.33.